The lowest BCUT2D eigenvalue weighted by atomic mass is 9.97. The van der Waals surface area contributed by atoms with Gasteiger partial charge in [-0.15, -0.1) is 0 Å². The number of aliphatic carboxylic acids is 1. The van der Waals surface area contributed by atoms with E-state index < -0.39 is 18.0 Å². The summed E-state index contributed by atoms with van der Waals surface area (Å²) in [5, 5.41) is 19.3. The van der Waals surface area contributed by atoms with Gasteiger partial charge in [0.25, 0.3) is 0 Å². The normalized spacial score (nSPS) is 15.9. The molecule has 2 unspecified atom stereocenters. The summed E-state index contributed by atoms with van der Waals surface area (Å²) in [5.74, 6) is -1.53. The standard InChI is InChI=1S/C8H16O3/c1-3-4-7(8(10)11)5-6(2)9/h6-7,9H,3-5H2,1-2H3,(H,10,11)/p-1. The van der Waals surface area contributed by atoms with Gasteiger partial charge in [0.2, 0.25) is 0 Å². The number of carbonyl (C=O) groups excluding carboxylic acids is 1. The van der Waals surface area contributed by atoms with Crippen molar-refractivity contribution in [3.05, 3.63) is 0 Å². The van der Waals surface area contributed by atoms with Crippen molar-refractivity contribution < 1.29 is 15.0 Å². The number of carboxylic acid groups (broad SMARTS) is 1. The Bertz CT molecular complexity index is 121. The molecule has 0 aromatic carbocycles. The molecule has 11 heavy (non-hydrogen) atoms. The summed E-state index contributed by atoms with van der Waals surface area (Å²) in [4.78, 5) is 10.4. The van der Waals surface area contributed by atoms with Crippen LogP contribution in [0.4, 0.5) is 0 Å². The molecule has 0 spiro atoms. The molecule has 0 rings (SSSR count). The summed E-state index contributed by atoms with van der Waals surface area (Å²) in [5.41, 5.74) is 0. The third kappa shape index (κ3) is 4.79. The molecule has 66 valence electrons. The van der Waals surface area contributed by atoms with Crippen molar-refractivity contribution in [3.63, 3.8) is 0 Å². The predicted octanol–water partition coefficient (Wildman–Crippen LogP) is -0.0765. The Kier molecular flexibility index (Phi) is 4.86. The number of rotatable bonds is 5. The van der Waals surface area contributed by atoms with Crippen LogP contribution in [-0.2, 0) is 4.79 Å². The van der Waals surface area contributed by atoms with Crippen LogP contribution in [0.1, 0.15) is 33.1 Å². The van der Waals surface area contributed by atoms with E-state index in [1.165, 1.54) is 0 Å². The van der Waals surface area contributed by atoms with Gasteiger partial charge in [-0.2, -0.15) is 0 Å². The highest BCUT2D eigenvalue weighted by atomic mass is 16.4. The van der Waals surface area contributed by atoms with Gasteiger partial charge < -0.3 is 15.0 Å². The maximum atomic E-state index is 10.4. The molecule has 0 bridgehead atoms. The Morgan fingerprint density at radius 1 is 1.64 bits per heavy atom. The van der Waals surface area contributed by atoms with Gasteiger partial charge in [-0.1, -0.05) is 13.3 Å². The summed E-state index contributed by atoms with van der Waals surface area (Å²) in [6.07, 6.45) is 1.15. The van der Waals surface area contributed by atoms with Crippen molar-refractivity contribution >= 4 is 5.97 Å². The average molecular weight is 159 g/mol. The Balaban J connectivity index is 3.79. The van der Waals surface area contributed by atoms with Crippen molar-refractivity contribution in [3.8, 4) is 0 Å². The lowest BCUT2D eigenvalue weighted by Crippen LogP contribution is -2.33. The first kappa shape index (κ1) is 10.4. The zero-order chi connectivity index (χ0) is 8.85. The molecule has 2 atom stereocenters. The van der Waals surface area contributed by atoms with Crippen molar-refractivity contribution in [2.75, 3.05) is 0 Å². The first-order chi connectivity index (χ1) is 5.07. The minimum atomic E-state index is -1.05. The number of aliphatic hydroxyl groups is 1. The van der Waals surface area contributed by atoms with Crippen molar-refractivity contribution in [1.82, 2.24) is 0 Å². The SMILES string of the molecule is CCCC(CC(C)O)C(=O)[O-]. The summed E-state index contributed by atoms with van der Waals surface area (Å²) >= 11 is 0. The van der Waals surface area contributed by atoms with E-state index >= 15 is 0 Å². The number of aliphatic hydroxyl groups excluding tert-OH is 1. The molecular formula is C8H15O3-. The number of hydrogen-bond donors (Lipinski definition) is 1. The topological polar surface area (TPSA) is 60.4 Å². The maximum Gasteiger partial charge on any atom is 0.0518 e. The van der Waals surface area contributed by atoms with E-state index in [0.717, 1.165) is 6.42 Å². The van der Waals surface area contributed by atoms with E-state index in [1.807, 2.05) is 6.92 Å². The summed E-state index contributed by atoms with van der Waals surface area (Å²) < 4.78 is 0. The second-order valence-corrected chi connectivity index (χ2v) is 2.89. The highest BCUT2D eigenvalue weighted by molar-refractivity contribution is 5.67. The number of hydrogen-bond acceptors (Lipinski definition) is 3. The lowest BCUT2D eigenvalue weighted by molar-refractivity contribution is -0.312. The van der Waals surface area contributed by atoms with Gasteiger partial charge >= 0.3 is 0 Å². The Morgan fingerprint density at radius 2 is 2.18 bits per heavy atom. The molecular weight excluding hydrogens is 144 g/mol. The summed E-state index contributed by atoms with van der Waals surface area (Å²) in [7, 11) is 0. The van der Waals surface area contributed by atoms with Crippen LogP contribution in [0.15, 0.2) is 0 Å². The van der Waals surface area contributed by atoms with Gasteiger partial charge in [-0.25, -0.2) is 0 Å². The Morgan fingerprint density at radius 3 is 2.45 bits per heavy atom. The van der Waals surface area contributed by atoms with Gasteiger partial charge in [0.15, 0.2) is 0 Å². The highest BCUT2D eigenvalue weighted by Gasteiger charge is 2.11. The van der Waals surface area contributed by atoms with Crippen LogP contribution < -0.4 is 5.11 Å². The third-order valence-corrected chi connectivity index (χ3v) is 1.60. The summed E-state index contributed by atoms with van der Waals surface area (Å²) in [6.45, 7) is 3.50. The van der Waals surface area contributed by atoms with Crippen molar-refractivity contribution in [2.24, 2.45) is 5.92 Å². The molecule has 0 saturated heterocycles. The molecule has 0 aliphatic rings. The van der Waals surface area contributed by atoms with E-state index in [2.05, 4.69) is 0 Å². The van der Waals surface area contributed by atoms with Gasteiger partial charge in [-0.05, 0) is 19.8 Å². The van der Waals surface area contributed by atoms with Gasteiger partial charge in [0.1, 0.15) is 0 Å². The first-order valence-corrected chi connectivity index (χ1v) is 3.96. The lowest BCUT2D eigenvalue weighted by Gasteiger charge is -2.18. The number of carbonyl (C=O) groups is 1. The first-order valence-electron chi connectivity index (χ1n) is 3.96. The molecule has 0 aliphatic heterocycles. The van der Waals surface area contributed by atoms with E-state index in [9.17, 15) is 9.90 Å². The minimum absolute atomic E-state index is 0.302. The van der Waals surface area contributed by atoms with Crippen LogP contribution in [0.2, 0.25) is 0 Å². The molecule has 0 fully saturated rings. The largest absolute Gasteiger partial charge is 0.550 e. The maximum absolute atomic E-state index is 10.4. The zero-order valence-corrected chi connectivity index (χ0v) is 7.04. The van der Waals surface area contributed by atoms with Crippen LogP contribution in [0, 0.1) is 5.92 Å². The van der Waals surface area contributed by atoms with Crippen LogP contribution in [0.25, 0.3) is 0 Å². The van der Waals surface area contributed by atoms with Gasteiger partial charge in [-0.3, -0.25) is 0 Å². The molecule has 3 heteroatoms. The van der Waals surface area contributed by atoms with Gasteiger partial charge in [0, 0.05) is 11.9 Å². The molecule has 0 aromatic heterocycles. The molecule has 0 radical (unpaired) electrons. The quantitative estimate of drug-likeness (QED) is 0.610. The second-order valence-electron chi connectivity index (χ2n) is 2.89. The van der Waals surface area contributed by atoms with Crippen molar-refractivity contribution in [2.45, 2.75) is 39.2 Å². The minimum Gasteiger partial charge on any atom is -0.550 e. The zero-order valence-electron chi connectivity index (χ0n) is 7.04. The van der Waals surface area contributed by atoms with Crippen LogP contribution in [0.5, 0.6) is 0 Å². The Labute approximate surface area is 67.0 Å². The summed E-state index contributed by atoms with van der Waals surface area (Å²) in [6, 6.07) is 0. The molecule has 0 saturated carbocycles. The molecule has 3 nitrogen and oxygen atoms in total. The third-order valence-electron chi connectivity index (χ3n) is 1.60. The monoisotopic (exact) mass is 159 g/mol. The average Bonchev–Trinajstić information content (AvgIpc) is 1.86. The highest BCUT2D eigenvalue weighted by Crippen LogP contribution is 2.12. The molecule has 0 aliphatic carbocycles. The second kappa shape index (κ2) is 5.13. The van der Waals surface area contributed by atoms with Crippen LogP contribution in [-0.4, -0.2) is 17.2 Å². The molecule has 0 heterocycles. The smallest absolute Gasteiger partial charge is 0.0518 e. The Hall–Kier alpha value is -0.570. The fourth-order valence-corrected chi connectivity index (χ4v) is 1.09. The van der Waals surface area contributed by atoms with Crippen LogP contribution in [0.3, 0.4) is 0 Å². The van der Waals surface area contributed by atoms with E-state index in [-0.39, 0.29) is 0 Å². The molecule has 1 N–H and O–H groups in total. The fraction of sp³-hybridized carbons (Fsp3) is 0.875. The molecule has 0 amide bonds. The van der Waals surface area contributed by atoms with E-state index in [0.29, 0.717) is 12.8 Å². The van der Waals surface area contributed by atoms with Gasteiger partial charge in [0.05, 0.1) is 6.10 Å². The fourth-order valence-electron chi connectivity index (χ4n) is 1.09. The molecule has 0 aromatic rings. The predicted molar refractivity (Wildman–Crippen MR) is 39.7 cm³/mol. The van der Waals surface area contributed by atoms with E-state index in [4.69, 9.17) is 5.11 Å². The number of carboxylic acids is 1. The van der Waals surface area contributed by atoms with Crippen molar-refractivity contribution in [1.29, 1.82) is 0 Å². The van der Waals surface area contributed by atoms with Crippen LogP contribution >= 0.6 is 0 Å². The van der Waals surface area contributed by atoms with E-state index in [1.54, 1.807) is 6.92 Å².